The molecule has 2 heterocycles. The van der Waals surface area contributed by atoms with Gasteiger partial charge in [0.2, 0.25) is 11.9 Å². The summed E-state index contributed by atoms with van der Waals surface area (Å²) < 4.78 is 6.83. The van der Waals surface area contributed by atoms with Crippen LogP contribution in [-0.2, 0) is 4.79 Å². The van der Waals surface area contributed by atoms with E-state index in [1.54, 1.807) is 28.9 Å². The van der Waals surface area contributed by atoms with Crippen LogP contribution in [0.3, 0.4) is 0 Å². The summed E-state index contributed by atoms with van der Waals surface area (Å²) in [5, 5.41) is 9.74. The number of benzene rings is 2. The Kier molecular flexibility index (Phi) is 4.29. The van der Waals surface area contributed by atoms with Crippen molar-refractivity contribution in [1.29, 1.82) is 0 Å². The molecule has 0 saturated heterocycles. The van der Waals surface area contributed by atoms with Crippen LogP contribution in [-0.4, -0.2) is 33.7 Å². The Balaban J connectivity index is 1.63. The predicted molar refractivity (Wildman–Crippen MR) is 98.8 cm³/mol. The number of methoxy groups -OCH3 is 1. The smallest absolute Gasteiger partial charge is 0.261 e. The van der Waals surface area contributed by atoms with Crippen LogP contribution in [0.15, 0.2) is 54.6 Å². The zero-order valence-electron chi connectivity index (χ0n) is 14.5. The van der Waals surface area contributed by atoms with Gasteiger partial charge in [-0.05, 0) is 17.7 Å². The van der Waals surface area contributed by atoms with E-state index in [0.717, 1.165) is 5.56 Å². The lowest BCUT2D eigenvalue weighted by Crippen LogP contribution is -2.29. The minimum absolute atomic E-state index is 0.115. The summed E-state index contributed by atoms with van der Waals surface area (Å²) in [6, 6.07) is 16.2. The topological polar surface area (TPSA) is 98.1 Å². The molecule has 0 aliphatic carbocycles. The Morgan fingerprint density at radius 3 is 2.70 bits per heavy atom. The van der Waals surface area contributed by atoms with Gasteiger partial charge in [0, 0.05) is 0 Å². The molecule has 136 valence electrons. The van der Waals surface area contributed by atoms with E-state index in [-0.39, 0.29) is 24.3 Å². The summed E-state index contributed by atoms with van der Waals surface area (Å²) in [6.45, 7) is 0. The normalized spacial score (nSPS) is 15.6. The highest BCUT2D eigenvalue weighted by molar-refractivity contribution is 6.05. The van der Waals surface area contributed by atoms with E-state index in [1.807, 2.05) is 30.3 Å². The van der Waals surface area contributed by atoms with Crippen molar-refractivity contribution in [2.75, 3.05) is 17.7 Å². The zero-order valence-corrected chi connectivity index (χ0v) is 14.5. The number of rotatable bonds is 4. The van der Waals surface area contributed by atoms with Gasteiger partial charge in [0.05, 0.1) is 25.1 Å². The van der Waals surface area contributed by atoms with Gasteiger partial charge in [-0.3, -0.25) is 20.2 Å². The molecule has 2 N–H and O–H groups in total. The third-order valence-electron chi connectivity index (χ3n) is 4.32. The average molecular weight is 363 g/mol. The van der Waals surface area contributed by atoms with Gasteiger partial charge in [0.15, 0.2) is 0 Å². The number of hydrogen-bond acceptors (Lipinski definition) is 5. The molecule has 0 saturated carbocycles. The van der Waals surface area contributed by atoms with E-state index in [9.17, 15) is 9.59 Å². The Labute approximate surface area is 155 Å². The van der Waals surface area contributed by atoms with E-state index in [1.165, 1.54) is 7.11 Å². The molecule has 0 bridgehead atoms. The number of anilines is 2. The third kappa shape index (κ3) is 3.24. The second-order valence-electron chi connectivity index (χ2n) is 6.04. The maximum atomic E-state index is 12.6. The lowest BCUT2D eigenvalue weighted by molar-refractivity contribution is -0.117. The second kappa shape index (κ2) is 6.91. The van der Waals surface area contributed by atoms with Crippen molar-refractivity contribution in [3.05, 3.63) is 65.7 Å². The van der Waals surface area contributed by atoms with Crippen LogP contribution in [0, 0.1) is 0 Å². The molecule has 8 heteroatoms. The van der Waals surface area contributed by atoms with Crippen molar-refractivity contribution in [1.82, 2.24) is 14.8 Å². The molecular weight excluding hydrogens is 346 g/mol. The molecule has 0 fully saturated rings. The fourth-order valence-electron chi connectivity index (χ4n) is 3.05. The van der Waals surface area contributed by atoms with Crippen molar-refractivity contribution < 1.29 is 14.3 Å². The van der Waals surface area contributed by atoms with Crippen LogP contribution in [0.4, 0.5) is 11.9 Å². The quantitative estimate of drug-likeness (QED) is 0.742. The molecule has 1 aliphatic rings. The molecule has 2 aromatic carbocycles. The molecule has 1 aliphatic heterocycles. The second-order valence-corrected chi connectivity index (χ2v) is 6.04. The van der Waals surface area contributed by atoms with Gasteiger partial charge in [0.25, 0.3) is 11.9 Å². The van der Waals surface area contributed by atoms with Gasteiger partial charge in [-0.25, -0.2) is 4.68 Å². The van der Waals surface area contributed by atoms with Crippen LogP contribution in [0.25, 0.3) is 0 Å². The number of para-hydroxylation sites is 1. The van der Waals surface area contributed by atoms with Crippen molar-refractivity contribution in [2.24, 2.45) is 0 Å². The number of hydrogen-bond donors (Lipinski definition) is 2. The van der Waals surface area contributed by atoms with Crippen molar-refractivity contribution >= 4 is 23.7 Å². The fraction of sp³-hybridized carbons (Fsp3) is 0.158. The summed E-state index contributed by atoms with van der Waals surface area (Å²) in [5.74, 6) is 0.332. The van der Waals surface area contributed by atoms with E-state index < -0.39 is 5.91 Å². The first-order chi connectivity index (χ1) is 13.2. The maximum Gasteiger partial charge on any atom is 0.261 e. The van der Waals surface area contributed by atoms with Gasteiger partial charge in [-0.2, -0.15) is 4.98 Å². The number of ether oxygens (including phenoxy) is 1. The number of nitrogens with zero attached hydrogens (tertiary/aromatic N) is 3. The molecule has 1 unspecified atom stereocenters. The molecule has 0 radical (unpaired) electrons. The lowest BCUT2D eigenvalue weighted by Gasteiger charge is -2.23. The van der Waals surface area contributed by atoms with E-state index in [0.29, 0.717) is 17.3 Å². The Morgan fingerprint density at radius 1 is 1.19 bits per heavy atom. The predicted octanol–water partition coefficient (Wildman–Crippen LogP) is 2.47. The van der Waals surface area contributed by atoms with Crippen LogP contribution in [0.2, 0.25) is 0 Å². The number of aromatic nitrogens is 3. The largest absolute Gasteiger partial charge is 0.496 e. The molecule has 3 aromatic rings. The van der Waals surface area contributed by atoms with Crippen LogP contribution in [0.5, 0.6) is 5.75 Å². The number of carbonyl (C=O) groups is 2. The van der Waals surface area contributed by atoms with Crippen LogP contribution >= 0.6 is 0 Å². The van der Waals surface area contributed by atoms with Gasteiger partial charge in [-0.15, -0.1) is 5.10 Å². The summed E-state index contributed by atoms with van der Waals surface area (Å²) in [4.78, 5) is 28.8. The highest BCUT2D eigenvalue weighted by Crippen LogP contribution is 2.29. The number of amides is 2. The Hall–Kier alpha value is -3.68. The average Bonchev–Trinajstić information content (AvgIpc) is 3.09. The Morgan fingerprint density at radius 2 is 1.93 bits per heavy atom. The van der Waals surface area contributed by atoms with Crippen molar-refractivity contribution in [2.45, 2.75) is 12.5 Å². The molecule has 4 rings (SSSR count). The molecule has 2 amide bonds. The number of carbonyl (C=O) groups excluding carboxylic acids is 2. The first-order valence-corrected chi connectivity index (χ1v) is 8.41. The minimum atomic E-state index is -0.391. The standard InChI is InChI=1S/C19H17N5O3/c1-27-15-10-6-5-9-13(15)17(26)21-18-22-19-20-16(25)11-14(24(19)23-18)12-7-3-2-4-8-12/h2-10,14H,11H2,1H3,(H2,20,21,22,23,25,26). The summed E-state index contributed by atoms with van der Waals surface area (Å²) in [5.41, 5.74) is 1.32. The fourth-order valence-corrected chi connectivity index (χ4v) is 3.05. The molecule has 1 atom stereocenters. The third-order valence-corrected chi connectivity index (χ3v) is 4.32. The minimum Gasteiger partial charge on any atom is -0.496 e. The molecule has 0 spiro atoms. The molecule has 27 heavy (non-hydrogen) atoms. The summed E-state index contributed by atoms with van der Waals surface area (Å²) >= 11 is 0. The Bertz CT molecular complexity index is 1000. The van der Waals surface area contributed by atoms with E-state index in [2.05, 4.69) is 20.7 Å². The molecule has 8 nitrogen and oxygen atoms in total. The van der Waals surface area contributed by atoms with Gasteiger partial charge >= 0.3 is 0 Å². The van der Waals surface area contributed by atoms with Crippen LogP contribution in [0.1, 0.15) is 28.4 Å². The molecular formula is C19H17N5O3. The van der Waals surface area contributed by atoms with E-state index in [4.69, 9.17) is 4.74 Å². The van der Waals surface area contributed by atoms with Gasteiger partial charge in [-0.1, -0.05) is 42.5 Å². The van der Waals surface area contributed by atoms with Crippen LogP contribution < -0.4 is 15.4 Å². The van der Waals surface area contributed by atoms with Crippen molar-refractivity contribution in [3.63, 3.8) is 0 Å². The zero-order chi connectivity index (χ0) is 18.8. The number of fused-ring (bicyclic) bond motifs is 1. The van der Waals surface area contributed by atoms with Gasteiger partial charge in [0.1, 0.15) is 5.75 Å². The first-order valence-electron chi connectivity index (χ1n) is 8.41. The van der Waals surface area contributed by atoms with Gasteiger partial charge < -0.3 is 4.74 Å². The highest BCUT2D eigenvalue weighted by Gasteiger charge is 2.29. The molecule has 1 aromatic heterocycles. The summed E-state index contributed by atoms with van der Waals surface area (Å²) in [6.07, 6.45) is 0.250. The van der Waals surface area contributed by atoms with E-state index >= 15 is 0 Å². The number of nitrogens with one attached hydrogen (secondary N) is 2. The highest BCUT2D eigenvalue weighted by atomic mass is 16.5. The SMILES string of the molecule is COc1ccccc1C(=O)Nc1nc2n(n1)C(c1ccccc1)CC(=O)N2. The monoisotopic (exact) mass is 363 g/mol. The maximum absolute atomic E-state index is 12.6. The summed E-state index contributed by atoms with van der Waals surface area (Å²) in [7, 11) is 1.50. The lowest BCUT2D eigenvalue weighted by atomic mass is 10.0. The first kappa shape index (κ1) is 16.8. The van der Waals surface area contributed by atoms with Crippen molar-refractivity contribution in [3.8, 4) is 5.75 Å².